The van der Waals surface area contributed by atoms with Crippen molar-refractivity contribution in [3.63, 3.8) is 0 Å². The molecule has 1 aromatic carbocycles. The number of benzene rings is 1. The summed E-state index contributed by atoms with van der Waals surface area (Å²) >= 11 is 0. The molecule has 0 aromatic heterocycles. The maximum absolute atomic E-state index is 12.5. The Balaban J connectivity index is 2.27. The van der Waals surface area contributed by atoms with Crippen LogP contribution in [0.3, 0.4) is 0 Å². The summed E-state index contributed by atoms with van der Waals surface area (Å²) in [6.45, 7) is 4.16. The average molecular weight is 354 g/mol. The van der Waals surface area contributed by atoms with Crippen molar-refractivity contribution >= 4 is 7.37 Å². The molecule has 1 fully saturated rings. The Morgan fingerprint density at radius 2 is 1.54 bits per heavy atom. The van der Waals surface area contributed by atoms with Crippen molar-refractivity contribution in [3.05, 3.63) is 23.3 Å². The fraction of sp³-hybridized carbons (Fsp3) is 0.684. The van der Waals surface area contributed by atoms with E-state index >= 15 is 0 Å². The van der Waals surface area contributed by atoms with Crippen molar-refractivity contribution in [2.45, 2.75) is 58.5 Å². The predicted octanol–water partition coefficient (Wildman–Crippen LogP) is 5.59. The maximum Gasteiger partial charge on any atom is 0.202 e. The first-order valence-corrected chi connectivity index (χ1v) is 11.0. The number of hydrogen-bond acceptors (Lipinski definition) is 4. The zero-order valence-electron chi connectivity index (χ0n) is 15.5. The summed E-state index contributed by atoms with van der Waals surface area (Å²) in [4.78, 5) is 0. The maximum atomic E-state index is 12.5. The van der Waals surface area contributed by atoms with Gasteiger partial charge in [-0.05, 0) is 36.5 Å². The molecule has 136 valence electrons. The van der Waals surface area contributed by atoms with Gasteiger partial charge < -0.3 is 14.0 Å². The Hall–Kier alpha value is -0.990. The second-order valence-corrected chi connectivity index (χ2v) is 9.62. The smallest absolute Gasteiger partial charge is 0.202 e. The van der Waals surface area contributed by atoms with Crippen molar-refractivity contribution in [2.75, 3.05) is 26.5 Å². The largest absolute Gasteiger partial charge is 0.496 e. The summed E-state index contributed by atoms with van der Waals surface area (Å²) in [6.07, 6.45) is 7.34. The van der Waals surface area contributed by atoms with Crippen LogP contribution in [-0.4, -0.2) is 26.5 Å². The second-order valence-electron chi connectivity index (χ2n) is 6.47. The van der Waals surface area contributed by atoms with E-state index in [4.69, 9.17) is 14.0 Å². The molecule has 0 bridgehead atoms. The highest BCUT2D eigenvalue weighted by Gasteiger charge is 2.25. The van der Waals surface area contributed by atoms with Gasteiger partial charge in [0.05, 0.1) is 20.8 Å². The molecule has 1 aliphatic rings. The van der Waals surface area contributed by atoms with Crippen LogP contribution in [0.1, 0.15) is 63.0 Å². The van der Waals surface area contributed by atoms with Gasteiger partial charge in [-0.2, -0.15) is 0 Å². The lowest BCUT2D eigenvalue weighted by molar-refractivity contribution is 0.301. The van der Waals surface area contributed by atoms with Gasteiger partial charge in [0.15, 0.2) is 0 Å². The first kappa shape index (κ1) is 19.3. The first-order valence-electron chi connectivity index (χ1n) is 9.04. The van der Waals surface area contributed by atoms with Gasteiger partial charge in [-0.25, -0.2) is 0 Å². The Morgan fingerprint density at radius 3 is 2.00 bits per heavy atom. The van der Waals surface area contributed by atoms with Crippen LogP contribution in [0.4, 0.5) is 0 Å². The van der Waals surface area contributed by atoms with Gasteiger partial charge in [0.2, 0.25) is 7.37 Å². The Kier molecular flexibility index (Phi) is 7.18. The summed E-state index contributed by atoms with van der Waals surface area (Å²) in [5.41, 5.74) is 2.13. The highest BCUT2D eigenvalue weighted by Crippen LogP contribution is 2.48. The molecule has 2 rings (SSSR count). The summed E-state index contributed by atoms with van der Waals surface area (Å²) in [6, 6.07) is 4.03. The van der Waals surface area contributed by atoms with Gasteiger partial charge in [0.25, 0.3) is 0 Å². The Morgan fingerprint density at radius 1 is 1.00 bits per heavy atom. The SMILES string of the molecule is CCP(=O)(CC)OCc1cc(OC)c(C2CCCCC2)c(OC)c1. The zero-order valence-corrected chi connectivity index (χ0v) is 16.4. The van der Waals surface area contributed by atoms with E-state index in [1.165, 1.54) is 37.7 Å². The third kappa shape index (κ3) is 4.55. The van der Waals surface area contributed by atoms with Crippen LogP contribution in [0, 0.1) is 0 Å². The van der Waals surface area contributed by atoms with E-state index in [2.05, 4.69) is 0 Å². The zero-order chi connectivity index (χ0) is 17.6. The highest BCUT2D eigenvalue weighted by atomic mass is 31.2. The average Bonchev–Trinajstić information content (AvgIpc) is 2.65. The van der Waals surface area contributed by atoms with Gasteiger partial charge in [-0.15, -0.1) is 0 Å². The molecular weight excluding hydrogens is 323 g/mol. The number of hydrogen-bond donors (Lipinski definition) is 0. The van der Waals surface area contributed by atoms with E-state index in [0.29, 0.717) is 24.8 Å². The lowest BCUT2D eigenvalue weighted by Crippen LogP contribution is -2.09. The topological polar surface area (TPSA) is 44.8 Å². The van der Waals surface area contributed by atoms with Gasteiger partial charge >= 0.3 is 0 Å². The van der Waals surface area contributed by atoms with Crippen molar-refractivity contribution in [2.24, 2.45) is 0 Å². The lowest BCUT2D eigenvalue weighted by atomic mass is 9.83. The van der Waals surface area contributed by atoms with Gasteiger partial charge in [0, 0.05) is 17.9 Å². The number of rotatable bonds is 8. The number of ether oxygens (including phenoxy) is 2. The third-order valence-electron chi connectivity index (χ3n) is 5.05. The van der Waals surface area contributed by atoms with Crippen molar-refractivity contribution in [1.82, 2.24) is 0 Å². The second kappa shape index (κ2) is 8.92. The molecule has 0 radical (unpaired) electrons. The van der Waals surface area contributed by atoms with Gasteiger partial charge in [0.1, 0.15) is 11.5 Å². The molecule has 0 unspecified atom stereocenters. The molecule has 0 atom stereocenters. The van der Waals surface area contributed by atoms with Crippen LogP contribution in [0.15, 0.2) is 12.1 Å². The summed E-state index contributed by atoms with van der Waals surface area (Å²) in [5.74, 6) is 2.22. The molecule has 0 spiro atoms. The minimum absolute atomic E-state index is 0.330. The van der Waals surface area contributed by atoms with Crippen molar-refractivity contribution < 1.29 is 18.6 Å². The molecule has 1 aliphatic carbocycles. The minimum Gasteiger partial charge on any atom is -0.496 e. The molecule has 1 aromatic rings. The molecular formula is C19H31O4P. The normalized spacial score (nSPS) is 16.2. The summed E-state index contributed by atoms with van der Waals surface area (Å²) in [5, 5.41) is 0. The molecule has 1 saturated carbocycles. The number of methoxy groups -OCH3 is 2. The monoisotopic (exact) mass is 354 g/mol. The predicted molar refractivity (Wildman–Crippen MR) is 98.8 cm³/mol. The van der Waals surface area contributed by atoms with E-state index in [-0.39, 0.29) is 0 Å². The molecule has 0 heterocycles. The molecule has 5 heteroatoms. The van der Waals surface area contributed by atoms with Crippen LogP contribution in [0.2, 0.25) is 0 Å². The highest BCUT2D eigenvalue weighted by molar-refractivity contribution is 7.58. The summed E-state index contributed by atoms with van der Waals surface area (Å²) < 4.78 is 29.5. The van der Waals surface area contributed by atoms with Crippen molar-refractivity contribution in [1.29, 1.82) is 0 Å². The van der Waals surface area contributed by atoms with Crippen molar-refractivity contribution in [3.8, 4) is 11.5 Å². The molecule has 0 N–H and O–H groups in total. The van der Waals surface area contributed by atoms with Crippen LogP contribution in [-0.2, 0) is 15.7 Å². The summed E-state index contributed by atoms with van der Waals surface area (Å²) in [7, 11) is 0.893. The molecule has 0 saturated heterocycles. The van der Waals surface area contributed by atoms with Gasteiger partial charge in [-0.3, -0.25) is 4.57 Å². The molecule has 0 aliphatic heterocycles. The fourth-order valence-corrected chi connectivity index (χ4v) is 4.67. The molecule has 24 heavy (non-hydrogen) atoms. The molecule has 0 amide bonds. The quantitative estimate of drug-likeness (QED) is 0.571. The van der Waals surface area contributed by atoms with E-state index < -0.39 is 7.37 Å². The van der Waals surface area contributed by atoms with Crippen LogP contribution < -0.4 is 9.47 Å². The third-order valence-corrected chi connectivity index (χ3v) is 7.57. The van der Waals surface area contributed by atoms with Crippen LogP contribution >= 0.6 is 7.37 Å². The Labute approximate surface area is 146 Å². The standard InChI is InChI=1S/C19H31O4P/c1-5-24(20,6-2)23-14-15-12-17(21-3)19(18(13-15)22-4)16-10-8-7-9-11-16/h12-13,16H,5-11,14H2,1-4H3. The van der Waals surface area contributed by atoms with Crippen LogP contribution in [0.5, 0.6) is 11.5 Å². The lowest BCUT2D eigenvalue weighted by Gasteiger charge is -2.26. The minimum atomic E-state index is -2.51. The molecule has 4 nitrogen and oxygen atoms in total. The van der Waals surface area contributed by atoms with Gasteiger partial charge in [-0.1, -0.05) is 33.1 Å². The van der Waals surface area contributed by atoms with E-state index in [1.54, 1.807) is 14.2 Å². The van der Waals surface area contributed by atoms with E-state index in [1.807, 2.05) is 26.0 Å². The Bertz CT molecular complexity index is 546. The fourth-order valence-electron chi connectivity index (χ4n) is 3.47. The first-order chi connectivity index (χ1) is 11.6. The van der Waals surface area contributed by atoms with E-state index in [0.717, 1.165) is 17.1 Å². The van der Waals surface area contributed by atoms with Crippen LogP contribution in [0.25, 0.3) is 0 Å². The van der Waals surface area contributed by atoms with E-state index in [9.17, 15) is 4.57 Å².